The molecule has 1 aliphatic heterocycles. The maximum atomic E-state index is 12.7. The van der Waals surface area contributed by atoms with Gasteiger partial charge in [0.05, 0.1) is 0 Å². The normalized spacial score (nSPS) is 15.0. The predicted octanol–water partition coefficient (Wildman–Crippen LogP) is 4.34. The number of nitrogens with zero attached hydrogens (tertiary/aromatic N) is 2. The Hall–Kier alpha value is -2.33. The maximum absolute atomic E-state index is 12.7. The van der Waals surface area contributed by atoms with Gasteiger partial charge in [0.2, 0.25) is 0 Å². The lowest BCUT2D eigenvalue weighted by Gasteiger charge is -2.35. The van der Waals surface area contributed by atoms with Crippen LogP contribution in [0, 0.1) is 6.92 Å². The first-order valence-electron chi connectivity index (χ1n) is 10.1. The summed E-state index contributed by atoms with van der Waals surface area (Å²) >= 11 is 0. The van der Waals surface area contributed by atoms with Crippen LogP contribution in [0.4, 0.5) is 10.5 Å². The molecule has 4 nitrogen and oxygen atoms in total. The van der Waals surface area contributed by atoms with E-state index in [2.05, 4.69) is 72.6 Å². The molecule has 3 rings (SSSR count). The van der Waals surface area contributed by atoms with Crippen molar-refractivity contribution in [2.24, 2.45) is 0 Å². The number of anilines is 1. The molecule has 0 saturated carbocycles. The number of benzene rings is 2. The minimum absolute atomic E-state index is 0.0305. The molecule has 27 heavy (non-hydrogen) atoms. The Labute approximate surface area is 163 Å². The zero-order valence-corrected chi connectivity index (χ0v) is 16.6. The molecule has 2 aromatic carbocycles. The van der Waals surface area contributed by atoms with E-state index in [9.17, 15) is 4.79 Å². The zero-order valence-electron chi connectivity index (χ0n) is 16.6. The second-order valence-electron chi connectivity index (χ2n) is 7.31. The highest BCUT2D eigenvalue weighted by molar-refractivity contribution is 5.91. The molecule has 1 saturated heterocycles. The Morgan fingerprint density at radius 3 is 2.44 bits per heavy atom. The highest BCUT2D eigenvalue weighted by atomic mass is 16.2. The van der Waals surface area contributed by atoms with E-state index >= 15 is 0 Å². The number of hydrogen-bond donors (Lipinski definition) is 1. The van der Waals surface area contributed by atoms with Gasteiger partial charge in [-0.05, 0) is 49.4 Å². The van der Waals surface area contributed by atoms with Gasteiger partial charge in [-0.25, -0.2) is 4.79 Å². The molecule has 4 heteroatoms. The lowest BCUT2D eigenvalue weighted by atomic mass is 10.1. The number of rotatable bonds is 6. The fraction of sp³-hybridized carbons (Fsp3) is 0.435. The van der Waals surface area contributed by atoms with Gasteiger partial charge in [-0.1, -0.05) is 55.5 Å². The zero-order chi connectivity index (χ0) is 19.1. The van der Waals surface area contributed by atoms with E-state index in [1.54, 1.807) is 0 Å². The molecular weight excluding hydrogens is 334 g/mol. The second kappa shape index (κ2) is 9.56. The number of piperazine rings is 1. The summed E-state index contributed by atoms with van der Waals surface area (Å²) in [7, 11) is 0. The number of urea groups is 1. The predicted molar refractivity (Wildman–Crippen MR) is 112 cm³/mol. The van der Waals surface area contributed by atoms with Crippen LogP contribution in [0.3, 0.4) is 0 Å². The van der Waals surface area contributed by atoms with Crippen LogP contribution in [0.15, 0.2) is 48.5 Å². The van der Waals surface area contributed by atoms with Crippen LogP contribution in [0.2, 0.25) is 0 Å². The molecule has 1 N–H and O–H groups in total. The van der Waals surface area contributed by atoms with Gasteiger partial charge >= 0.3 is 6.03 Å². The van der Waals surface area contributed by atoms with E-state index in [4.69, 9.17) is 0 Å². The summed E-state index contributed by atoms with van der Waals surface area (Å²) in [4.78, 5) is 17.1. The van der Waals surface area contributed by atoms with Crippen molar-refractivity contribution >= 4 is 11.7 Å². The maximum Gasteiger partial charge on any atom is 0.321 e. The second-order valence-corrected chi connectivity index (χ2v) is 7.31. The number of hydrogen-bond acceptors (Lipinski definition) is 2. The first kappa shape index (κ1) is 19.4. The molecule has 1 aliphatic rings. The van der Waals surface area contributed by atoms with Crippen molar-refractivity contribution in [2.75, 3.05) is 38.0 Å². The summed E-state index contributed by atoms with van der Waals surface area (Å²) in [5.41, 5.74) is 4.71. The van der Waals surface area contributed by atoms with Crippen LogP contribution < -0.4 is 5.32 Å². The molecule has 1 heterocycles. The first-order valence-corrected chi connectivity index (χ1v) is 10.1. The summed E-state index contributed by atoms with van der Waals surface area (Å²) in [6, 6.07) is 16.9. The number of nitrogens with one attached hydrogen (secondary N) is 1. The van der Waals surface area contributed by atoms with Crippen molar-refractivity contribution < 1.29 is 4.79 Å². The van der Waals surface area contributed by atoms with Gasteiger partial charge in [0.25, 0.3) is 0 Å². The summed E-state index contributed by atoms with van der Waals surface area (Å²) in [6.07, 6.45) is 3.21. The van der Waals surface area contributed by atoms with Crippen LogP contribution in [0.5, 0.6) is 0 Å². The Kier molecular flexibility index (Phi) is 6.88. The van der Waals surface area contributed by atoms with Crippen molar-refractivity contribution in [2.45, 2.75) is 33.1 Å². The number of carbonyl (C=O) groups is 1. The van der Waals surface area contributed by atoms with Gasteiger partial charge in [-0.3, -0.25) is 4.90 Å². The summed E-state index contributed by atoms with van der Waals surface area (Å²) in [5, 5.41) is 3.15. The molecule has 0 unspecified atom stereocenters. The van der Waals surface area contributed by atoms with Gasteiger partial charge in [0.1, 0.15) is 0 Å². The van der Waals surface area contributed by atoms with Crippen LogP contribution in [0.25, 0.3) is 0 Å². The first-order chi connectivity index (χ1) is 13.2. The van der Waals surface area contributed by atoms with Gasteiger partial charge in [-0.15, -0.1) is 0 Å². The van der Waals surface area contributed by atoms with Crippen molar-refractivity contribution in [3.8, 4) is 0 Å². The lowest BCUT2D eigenvalue weighted by Crippen LogP contribution is -2.50. The van der Waals surface area contributed by atoms with Crippen LogP contribution >= 0.6 is 0 Å². The molecule has 0 atom stereocenters. The quantitative estimate of drug-likeness (QED) is 0.826. The molecule has 0 aliphatic carbocycles. The fourth-order valence-corrected chi connectivity index (χ4v) is 3.71. The fourth-order valence-electron chi connectivity index (χ4n) is 3.71. The summed E-state index contributed by atoms with van der Waals surface area (Å²) in [5.74, 6) is 0. The van der Waals surface area contributed by atoms with E-state index in [0.29, 0.717) is 0 Å². The van der Waals surface area contributed by atoms with Gasteiger partial charge < -0.3 is 10.2 Å². The molecule has 0 spiro atoms. The number of carbonyl (C=O) groups excluding carboxylic acids is 1. The molecule has 144 valence electrons. The largest absolute Gasteiger partial charge is 0.322 e. The highest BCUT2D eigenvalue weighted by Crippen LogP contribution is 2.21. The van der Waals surface area contributed by atoms with Crippen molar-refractivity contribution in [1.29, 1.82) is 0 Å². The average molecular weight is 366 g/mol. The smallest absolute Gasteiger partial charge is 0.321 e. The SMILES string of the molecule is CCc1cccc(C)c1NC(=O)N1CCN(CCCc2ccccc2)CC1. The summed E-state index contributed by atoms with van der Waals surface area (Å²) in [6.45, 7) is 8.78. The highest BCUT2D eigenvalue weighted by Gasteiger charge is 2.21. The number of aryl methyl sites for hydroxylation is 3. The van der Waals surface area contributed by atoms with Crippen LogP contribution in [-0.4, -0.2) is 48.6 Å². The molecule has 0 radical (unpaired) electrons. The van der Waals surface area contributed by atoms with E-state index in [-0.39, 0.29) is 6.03 Å². The lowest BCUT2D eigenvalue weighted by molar-refractivity contribution is 0.146. The topological polar surface area (TPSA) is 35.6 Å². The standard InChI is InChI=1S/C23H31N3O/c1-3-21-13-7-9-19(2)22(21)24-23(27)26-17-15-25(16-18-26)14-8-12-20-10-5-4-6-11-20/h4-7,9-11,13H,3,8,12,14-18H2,1-2H3,(H,24,27). The van der Waals surface area contributed by atoms with Crippen LogP contribution in [-0.2, 0) is 12.8 Å². The third-order valence-electron chi connectivity index (χ3n) is 5.41. The third-order valence-corrected chi connectivity index (χ3v) is 5.41. The molecule has 2 aromatic rings. The van der Waals surface area contributed by atoms with Gasteiger partial charge in [-0.2, -0.15) is 0 Å². The van der Waals surface area contributed by atoms with E-state index in [1.165, 1.54) is 17.5 Å². The Morgan fingerprint density at radius 1 is 1.00 bits per heavy atom. The van der Waals surface area contributed by atoms with Crippen LogP contribution in [0.1, 0.15) is 30.0 Å². The van der Waals surface area contributed by atoms with Gasteiger partial charge in [0.15, 0.2) is 0 Å². The Bertz CT molecular complexity index is 737. The minimum atomic E-state index is 0.0305. The molecule has 0 bridgehead atoms. The Balaban J connectivity index is 1.44. The third kappa shape index (κ3) is 5.33. The van der Waals surface area contributed by atoms with E-state index < -0.39 is 0 Å². The molecular formula is C23H31N3O. The Morgan fingerprint density at radius 2 is 1.74 bits per heavy atom. The van der Waals surface area contributed by atoms with Crippen molar-refractivity contribution in [3.63, 3.8) is 0 Å². The summed E-state index contributed by atoms with van der Waals surface area (Å²) < 4.78 is 0. The molecule has 2 amide bonds. The van der Waals surface area contributed by atoms with Crippen molar-refractivity contribution in [1.82, 2.24) is 9.80 Å². The van der Waals surface area contributed by atoms with E-state index in [0.717, 1.165) is 56.8 Å². The average Bonchev–Trinajstić information content (AvgIpc) is 2.71. The number of amides is 2. The van der Waals surface area contributed by atoms with E-state index in [1.807, 2.05) is 4.90 Å². The molecule has 1 fully saturated rings. The number of para-hydroxylation sites is 1. The van der Waals surface area contributed by atoms with Crippen molar-refractivity contribution in [3.05, 3.63) is 65.2 Å². The molecule has 0 aromatic heterocycles. The minimum Gasteiger partial charge on any atom is -0.322 e. The van der Waals surface area contributed by atoms with Gasteiger partial charge in [0, 0.05) is 31.9 Å². The monoisotopic (exact) mass is 365 g/mol.